The average molecular weight is 296 g/mol. The maximum Gasteiger partial charge on any atom is 0.0376 e. The van der Waals surface area contributed by atoms with Gasteiger partial charge in [0.1, 0.15) is 0 Å². The van der Waals surface area contributed by atoms with Crippen LogP contribution < -0.4 is 0 Å². The van der Waals surface area contributed by atoms with Crippen LogP contribution in [0.2, 0.25) is 0 Å². The average Bonchev–Trinajstić information content (AvgIpc) is 2.46. The van der Waals surface area contributed by atoms with Crippen molar-refractivity contribution >= 4 is 11.6 Å². The van der Waals surface area contributed by atoms with Crippen molar-refractivity contribution in [3.63, 3.8) is 0 Å². The zero-order valence-corrected chi connectivity index (χ0v) is 13.7. The lowest BCUT2D eigenvalue weighted by atomic mass is 10.0. The zero-order valence-electron chi connectivity index (χ0n) is 13.0. The first-order valence-electron chi connectivity index (χ1n) is 8.36. The van der Waals surface area contributed by atoms with Gasteiger partial charge in [0.15, 0.2) is 0 Å². The molecule has 0 amide bonds. The van der Waals surface area contributed by atoms with Gasteiger partial charge in [0, 0.05) is 17.8 Å². The van der Waals surface area contributed by atoms with Crippen molar-refractivity contribution in [3.05, 3.63) is 30.1 Å². The second kappa shape index (κ2) is 12.2. The summed E-state index contributed by atoms with van der Waals surface area (Å²) in [4.78, 5) is 4.03. The number of halogens is 1. The summed E-state index contributed by atoms with van der Waals surface area (Å²) < 4.78 is 0. The summed E-state index contributed by atoms with van der Waals surface area (Å²) in [5, 5.41) is 0.280. The molecule has 1 aromatic heterocycles. The minimum atomic E-state index is 0.280. The van der Waals surface area contributed by atoms with Gasteiger partial charge in [-0.25, -0.2) is 0 Å². The van der Waals surface area contributed by atoms with Crippen LogP contribution in [0.25, 0.3) is 0 Å². The van der Waals surface area contributed by atoms with E-state index in [1.54, 1.807) is 0 Å². The Balaban J connectivity index is 1.91. The summed E-state index contributed by atoms with van der Waals surface area (Å²) in [6.45, 7) is 2.27. The van der Waals surface area contributed by atoms with E-state index >= 15 is 0 Å². The molecule has 0 radical (unpaired) electrons. The lowest BCUT2D eigenvalue weighted by Crippen LogP contribution is -2.03. The monoisotopic (exact) mass is 295 g/mol. The van der Waals surface area contributed by atoms with Crippen LogP contribution in [0.3, 0.4) is 0 Å². The Bertz CT molecular complexity index is 312. The van der Waals surface area contributed by atoms with E-state index < -0.39 is 0 Å². The fraction of sp³-hybridized carbons (Fsp3) is 0.722. The maximum absolute atomic E-state index is 6.39. The van der Waals surface area contributed by atoms with Crippen molar-refractivity contribution in [1.29, 1.82) is 0 Å². The summed E-state index contributed by atoms with van der Waals surface area (Å²) in [6.07, 6.45) is 18.2. The molecule has 1 unspecified atom stereocenters. The maximum atomic E-state index is 6.39. The Kier molecular flexibility index (Phi) is 10.7. The number of pyridine rings is 1. The van der Waals surface area contributed by atoms with Crippen molar-refractivity contribution in [3.8, 4) is 0 Å². The Labute approximate surface area is 130 Å². The van der Waals surface area contributed by atoms with Crippen molar-refractivity contribution in [2.75, 3.05) is 0 Å². The van der Waals surface area contributed by atoms with E-state index in [-0.39, 0.29) is 5.38 Å². The minimum Gasteiger partial charge on any atom is -0.265 e. The normalized spacial score (nSPS) is 12.5. The van der Waals surface area contributed by atoms with E-state index in [0.717, 1.165) is 12.8 Å². The van der Waals surface area contributed by atoms with Crippen molar-refractivity contribution in [2.45, 2.75) is 82.9 Å². The highest BCUT2D eigenvalue weighted by Gasteiger charge is 2.05. The second-order valence-corrected chi connectivity index (χ2v) is 6.39. The quantitative estimate of drug-likeness (QED) is 0.333. The molecule has 2 heteroatoms. The van der Waals surface area contributed by atoms with Gasteiger partial charge in [-0.15, -0.1) is 11.6 Å². The van der Waals surface area contributed by atoms with Gasteiger partial charge in [-0.1, -0.05) is 64.7 Å². The van der Waals surface area contributed by atoms with E-state index in [1.807, 2.05) is 12.4 Å². The standard InChI is InChI=1S/C18H30ClN/c1-2-3-4-5-6-7-8-9-10-11-18(19)16-17-12-14-20-15-13-17/h12-15,18H,2-11,16H2,1H3. The lowest BCUT2D eigenvalue weighted by molar-refractivity contribution is 0.551. The molecule has 1 atom stereocenters. The molecule has 1 nitrogen and oxygen atoms in total. The van der Waals surface area contributed by atoms with Crippen LogP contribution in [-0.2, 0) is 6.42 Å². The van der Waals surface area contributed by atoms with E-state index in [4.69, 9.17) is 11.6 Å². The fourth-order valence-corrected chi connectivity index (χ4v) is 2.89. The highest BCUT2D eigenvalue weighted by molar-refractivity contribution is 6.20. The number of hydrogen-bond donors (Lipinski definition) is 0. The summed E-state index contributed by atoms with van der Waals surface area (Å²) in [6, 6.07) is 4.12. The summed E-state index contributed by atoms with van der Waals surface area (Å²) in [7, 11) is 0. The van der Waals surface area contributed by atoms with Gasteiger partial charge in [-0.2, -0.15) is 0 Å². The summed E-state index contributed by atoms with van der Waals surface area (Å²) in [5.74, 6) is 0. The number of unbranched alkanes of at least 4 members (excludes halogenated alkanes) is 8. The number of aromatic nitrogens is 1. The summed E-state index contributed by atoms with van der Waals surface area (Å²) in [5.41, 5.74) is 1.30. The van der Waals surface area contributed by atoms with Crippen LogP contribution >= 0.6 is 11.6 Å². The molecule has 1 heterocycles. The fourth-order valence-electron chi connectivity index (χ4n) is 2.55. The molecule has 0 bridgehead atoms. The molecular formula is C18H30ClN. The van der Waals surface area contributed by atoms with Gasteiger partial charge in [0.2, 0.25) is 0 Å². The van der Waals surface area contributed by atoms with Gasteiger partial charge in [-0.3, -0.25) is 4.98 Å². The molecule has 0 N–H and O–H groups in total. The van der Waals surface area contributed by atoms with E-state index in [2.05, 4.69) is 24.0 Å². The molecule has 1 rings (SSSR count). The molecule has 0 aliphatic carbocycles. The highest BCUT2D eigenvalue weighted by Crippen LogP contribution is 2.16. The molecule has 0 aliphatic heterocycles. The first-order valence-corrected chi connectivity index (χ1v) is 8.79. The molecule has 0 saturated carbocycles. The Morgan fingerprint density at radius 2 is 1.45 bits per heavy atom. The van der Waals surface area contributed by atoms with Gasteiger partial charge in [-0.05, 0) is 30.5 Å². The van der Waals surface area contributed by atoms with Crippen molar-refractivity contribution in [1.82, 2.24) is 4.98 Å². The number of alkyl halides is 1. The van der Waals surface area contributed by atoms with Crippen LogP contribution in [0.5, 0.6) is 0 Å². The predicted octanol–water partition coefficient (Wildman–Crippen LogP) is 6.15. The third-order valence-electron chi connectivity index (χ3n) is 3.83. The van der Waals surface area contributed by atoms with Crippen LogP contribution in [0.1, 0.15) is 76.7 Å². The molecule has 0 aliphatic rings. The molecule has 114 valence electrons. The van der Waals surface area contributed by atoms with Gasteiger partial charge in [0.25, 0.3) is 0 Å². The second-order valence-electron chi connectivity index (χ2n) is 5.77. The van der Waals surface area contributed by atoms with Gasteiger partial charge >= 0.3 is 0 Å². The van der Waals surface area contributed by atoms with Crippen LogP contribution in [0.4, 0.5) is 0 Å². The minimum absolute atomic E-state index is 0.280. The Morgan fingerprint density at radius 1 is 0.900 bits per heavy atom. The molecule has 1 aromatic rings. The van der Waals surface area contributed by atoms with Crippen molar-refractivity contribution < 1.29 is 0 Å². The molecular weight excluding hydrogens is 266 g/mol. The smallest absolute Gasteiger partial charge is 0.0376 e. The number of rotatable bonds is 12. The Hall–Kier alpha value is -0.560. The topological polar surface area (TPSA) is 12.9 Å². The van der Waals surface area contributed by atoms with Crippen molar-refractivity contribution in [2.24, 2.45) is 0 Å². The molecule has 0 saturated heterocycles. The largest absolute Gasteiger partial charge is 0.265 e. The molecule has 20 heavy (non-hydrogen) atoms. The summed E-state index contributed by atoms with van der Waals surface area (Å²) >= 11 is 6.39. The first kappa shape index (κ1) is 17.5. The predicted molar refractivity (Wildman–Crippen MR) is 89.4 cm³/mol. The van der Waals surface area contributed by atoms with Gasteiger partial charge < -0.3 is 0 Å². The van der Waals surface area contributed by atoms with Crippen LogP contribution in [-0.4, -0.2) is 10.4 Å². The lowest BCUT2D eigenvalue weighted by Gasteiger charge is -2.09. The number of hydrogen-bond acceptors (Lipinski definition) is 1. The highest BCUT2D eigenvalue weighted by atomic mass is 35.5. The molecule has 0 spiro atoms. The SMILES string of the molecule is CCCCCCCCCCCC(Cl)Cc1ccncc1. The molecule has 0 aromatic carbocycles. The van der Waals surface area contributed by atoms with Gasteiger partial charge in [0.05, 0.1) is 0 Å². The van der Waals surface area contributed by atoms with E-state index in [1.165, 1.54) is 63.4 Å². The first-order chi connectivity index (χ1) is 9.83. The van der Waals surface area contributed by atoms with Crippen LogP contribution in [0.15, 0.2) is 24.5 Å². The van der Waals surface area contributed by atoms with E-state index in [9.17, 15) is 0 Å². The third kappa shape index (κ3) is 9.36. The van der Waals surface area contributed by atoms with E-state index in [0.29, 0.717) is 0 Å². The third-order valence-corrected chi connectivity index (χ3v) is 4.20. The molecule has 0 fully saturated rings. The number of nitrogens with zero attached hydrogens (tertiary/aromatic N) is 1. The zero-order chi connectivity index (χ0) is 14.5. The Morgan fingerprint density at radius 3 is 2.05 bits per heavy atom. The van der Waals surface area contributed by atoms with Crippen LogP contribution in [0, 0.1) is 0 Å².